The van der Waals surface area contributed by atoms with Crippen LogP contribution in [0.15, 0.2) is 35.9 Å². The molecule has 0 aromatic heterocycles. The number of nitrogens with zero attached hydrogens (tertiary/aromatic N) is 1. The molecule has 2 rings (SSSR count). The van der Waals surface area contributed by atoms with Crippen LogP contribution < -0.4 is 4.74 Å². The summed E-state index contributed by atoms with van der Waals surface area (Å²) in [5.74, 6) is -0.841. The van der Waals surface area contributed by atoms with Gasteiger partial charge in [-0.2, -0.15) is 0 Å². The molecule has 124 valence electrons. The number of hydrogen-bond donors (Lipinski definition) is 1. The molecule has 2 atom stereocenters. The lowest BCUT2D eigenvalue weighted by Gasteiger charge is -2.23. The second kappa shape index (κ2) is 7.31. The summed E-state index contributed by atoms with van der Waals surface area (Å²) in [4.78, 5) is 25.4. The van der Waals surface area contributed by atoms with E-state index < -0.39 is 11.9 Å². The van der Waals surface area contributed by atoms with Crippen LogP contribution in [0.5, 0.6) is 5.75 Å². The lowest BCUT2D eigenvalue weighted by molar-refractivity contribution is -0.142. The molecule has 1 saturated heterocycles. The van der Waals surface area contributed by atoms with E-state index >= 15 is 0 Å². The van der Waals surface area contributed by atoms with Gasteiger partial charge in [-0.1, -0.05) is 11.6 Å². The van der Waals surface area contributed by atoms with Crippen molar-refractivity contribution in [3.05, 3.63) is 41.5 Å². The van der Waals surface area contributed by atoms with Crippen LogP contribution in [0, 0.1) is 5.92 Å². The molecule has 0 aliphatic carbocycles. The van der Waals surface area contributed by atoms with Crippen molar-refractivity contribution in [2.75, 3.05) is 13.2 Å². The van der Waals surface area contributed by atoms with E-state index in [2.05, 4.69) is 0 Å². The monoisotopic (exact) mass is 317 g/mol. The Labute approximate surface area is 136 Å². The summed E-state index contributed by atoms with van der Waals surface area (Å²) in [6.07, 6.45) is 2.47. The molecule has 0 bridgehead atoms. The van der Waals surface area contributed by atoms with Crippen LogP contribution in [0.4, 0.5) is 0 Å². The van der Waals surface area contributed by atoms with Crippen LogP contribution >= 0.6 is 0 Å². The van der Waals surface area contributed by atoms with Gasteiger partial charge in [-0.3, -0.25) is 9.59 Å². The molecule has 1 aliphatic rings. The molecule has 1 N–H and O–H groups in total. The maximum Gasteiger partial charge on any atom is 0.308 e. The van der Waals surface area contributed by atoms with Crippen LogP contribution in [-0.4, -0.2) is 41.1 Å². The highest BCUT2D eigenvalue weighted by Gasteiger charge is 2.38. The van der Waals surface area contributed by atoms with Crippen LogP contribution in [0.3, 0.4) is 0 Å². The largest absolute Gasteiger partial charge is 0.490 e. The first-order valence-electron chi connectivity index (χ1n) is 7.80. The molecule has 0 saturated carbocycles. The molecule has 1 fully saturated rings. The minimum Gasteiger partial charge on any atom is -0.490 e. The van der Waals surface area contributed by atoms with Crippen LogP contribution in [0.25, 0.3) is 0 Å². The molecule has 1 heterocycles. The lowest BCUT2D eigenvalue weighted by atomic mass is 10.0. The van der Waals surface area contributed by atoms with Crippen LogP contribution in [-0.2, 0) is 4.79 Å². The first kappa shape index (κ1) is 17.1. The van der Waals surface area contributed by atoms with Crippen molar-refractivity contribution in [1.29, 1.82) is 0 Å². The Hall–Kier alpha value is -2.30. The lowest BCUT2D eigenvalue weighted by Crippen LogP contribution is -2.37. The number of carboxylic acid groups (broad SMARTS) is 1. The number of likely N-dealkylation sites (tertiary alicyclic amines) is 1. The molecule has 1 aromatic carbocycles. The Balaban J connectivity index is 2.08. The minimum absolute atomic E-state index is 0.145. The van der Waals surface area contributed by atoms with E-state index in [0.717, 1.165) is 0 Å². The van der Waals surface area contributed by atoms with Crippen molar-refractivity contribution >= 4 is 11.9 Å². The van der Waals surface area contributed by atoms with Gasteiger partial charge in [0.1, 0.15) is 12.4 Å². The van der Waals surface area contributed by atoms with Gasteiger partial charge >= 0.3 is 5.97 Å². The van der Waals surface area contributed by atoms with Gasteiger partial charge in [-0.05, 0) is 51.5 Å². The Bertz CT molecular complexity index is 619. The number of ether oxygens (including phenoxy) is 1. The topological polar surface area (TPSA) is 66.8 Å². The number of rotatable bonds is 5. The first-order chi connectivity index (χ1) is 10.9. The van der Waals surface area contributed by atoms with Gasteiger partial charge in [0.2, 0.25) is 0 Å². The molecule has 23 heavy (non-hydrogen) atoms. The van der Waals surface area contributed by atoms with Gasteiger partial charge in [0.05, 0.1) is 5.92 Å². The summed E-state index contributed by atoms with van der Waals surface area (Å²) in [6, 6.07) is 6.73. The molecular formula is C18H23NO4. The highest BCUT2D eigenvalue weighted by molar-refractivity contribution is 5.95. The Morgan fingerprint density at radius 1 is 1.39 bits per heavy atom. The van der Waals surface area contributed by atoms with E-state index in [-0.39, 0.29) is 11.9 Å². The van der Waals surface area contributed by atoms with E-state index in [9.17, 15) is 14.7 Å². The third kappa shape index (κ3) is 4.12. The molecule has 1 aliphatic heterocycles. The van der Waals surface area contributed by atoms with Crippen LogP contribution in [0.2, 0.25) is 0 Å². The quantitative estimate of drug-likeness (QED) is 0.848. The average molecular weight is 317 g/mol. The fraction of sp³-hybridized carbons (Fsp3) is 0.444. The Morgan fingerprint density at radius 3 is 2.74 bits per heavy atom. The summed E-state index contributed by atoms with van der Waals surface area (Å²) in [5, 5.41) is 9.18. The van der Waals surface area contributed by atoms with Gasteiger partial charge < -0.3 is 14.7 Å². The van der Waals surface area contributed by atoms with Gasteiger partial charge in [-0.25, -0.2) is 0 Å². The fourth-order valence-electron chi connectivity index (χ4n) is 2.75. The maximum atomic E-state index is 12.6. The van der Waals surface area contributed by atoms with E-state index in [4.69, 9.17) is 4.74 Å². The van der Waals surface area contributed by atoms with Gasteiger partial charge in [-0.15, -0.1) is 0 Å². The molecular weight excluding hydrogens is 294 g/mol. The maximum absolute atomic E-state index is 12.6. The van der Waals surface area contributed by atoms with Crippen molar-refractivity contribution in [3.8, 4) is 5.75 Å². The standard InChI is InChI=1S/C18H23NO4/c1-12(2)8-10-23-15-6-4-5-14(11-15)17(20)19-9-7-16(13(19)3)18(21)22/h4-6,8,11,13,16H,7,9-10H2,1-3H3,(H,21,22). The van der Waals surface area contributed by atoms with Gasteiger partial charge in [0.15, 0.2) is 0 Å². The molecule has 1 amide bonds. The summed E-state index contributed by atoms with van der Waals surface area (Å²) in [6.45, 7) is 6.72. The molecule has 0 spiro atoms. The molecule has 0 radical (unpaired) electrons. The molecule has 1 aromatic rings. The number of aliphatic carboxylic acids is 1. The number of hydrogen-bond acceptors (Lipinski definition) is 3. The summed E-state index contributed by atoms with van der Waals surface area (Å²) >= 11 is 0. The second-order valence-corrected chi connectivity index (χ2v) is 6.09. The van der Waals surface area contributed by atoms with E-state index in [1.54, 1.807) is 30.0 Å². The van der Waals surface area contributed by atoms with E-state index in [0.29, 0.717) is 30.9 Å². The average Bonchev–Trinajstić information content (AvgIpc) is 2.88. The number of amides is 1. The predicted molar refractivity (Wildman–Crippen MR) is 87.6 cm³/mol. The zero-order valence-electron chi connectivity index (χ0n) is 13.8. The smallest absolute Gasteiger partial charge is 0.308 e. The summed E-state index contributed by atoms with van der Waals surface area (Å²) in [7, 11) is 0. The molecule has 5 nitrogen and oxygen atoms in total. The van der Waals surface area contributed by atoms with E-state index in [1.165, 1.54) is 5.57 Å². The number of allylic oxidation sites excluding steroid dienone is 1. The van der Waals surface area contributed by atoms with Gasteiger partial charge in [0, 0.05) is 18.2 Å². The van der Waals surface area contributed by atoms with Crippen molar-refractivity contribution < 1.29 is 19.4 Å². The highest BCUT2D eigenvalue weighted by Crippen LogP contribution is 2.26. The van der Waals surface area contributed by atoms with Crippen molar-refractivity contribution in [2.24, 2.45) is 5.92 Å². The minimum atomic E-state index is -0.841. The molecule has 5 heteroatoms. The first-order valence-corrected chi connectivity index (χ1v) is 7.80. The van der Waals surface area contributed by atoms with Crippen molar-refractivity contribution in [2.45, 2.75) is 33.2 Å². The van der Waals surface area contributed by atoms with Crippen molar-refractivity contribution in [1.82, 2.24) is 4.90 Å². The zero-order chi connectivity index (χ0) is 17.0. The number of benzene rings is 1. The summed E-state index contributed by atoms with van der Waals surface area (Å²) in [5.41, 5.74) is 1.69. The number of carbonyl (C=O) groups excluding carboxylic acids is 1. The number of carbonyl (C=O) groups is 2. The molecule has 2 unspecified atom stereocenters. The Morgan fingerprint density at radius 2 is 2.13 bits per heavy atom. The third-order valence-electron chi connectivity index (χ3n) is 4.16. The Kier molecular flexibility index (Phi) is 5.42. The highest BCUT2D eigenvalue weighted by atomic mass is 16.5. The summed E-state index contributed by atoms with van der Waals surface area (Å²) < 4.78 is 5.62. The predicted octanol–water partition coefficient (Wildman–Crippen LogP) is 2.97. The normalized spacial score (nSPS) is 20.2. The second-order valence-electron chi connectivity index (χ2n) is 6.09. The van der Waals surface area contributed by atoms with E-state index in [1.807, 2.05) is 26.0 Å². The SMILES string of the molecule is CC(C)=CCOc1cccc(C(=O)N2CCC(C(=O)O)C2C)c1. The third-order valence-corrected chi connectivity index (χ3v) is 4.16. The number of carboxylic acids is 1. The van der Waals surface area contributed by atoms with Crippen LogP contribution in [0.1, 0.15) is 37.6 Å². The van der Waals surface area contributed by atoms with Gasteiger partial charge in [0.25, 0.3) is 5.91 Å². The van der Waals surface area contributed by atoms with Crippen molar-refractivity contribution in [3.63, 3.8) is 0 Å². The zero-order valence-corrected chi connectivity index (χ0v) is 13.8. The fourth-order valence-corrected chi connectivity index (χ4v) is 2.75.